The van der Waals surface area contributed by atoms with E-state index in [1.54, 1.807) is 0 Å². The van der Waals surface area contributed by atoms with E-state index in [4.69, 9.17) is 5.11 Å². The maximum absolute atomic E-state index is 9.03. The Morgan fingerprint density at radius 1 is 1.21 bits per heavy atom. The lowest BCUT2D eigenvalue weighted by Crippen LogP contribution is -2.35. The van der Waals surface area contributed by atoms with Gasteiger partial charge in [-0.05, 0) is 45.9 Å². The van der Waals surface area contributed by atoms with Crippen molar-refractivity contribution in [2.45, 2.75) is 38.1 Å². The Kier molecular flexibility index (Phi) is 6.15. The molecule has 1 heterocycles. The zero-order valence-electron chi connectivity index (χ0n) is 9.34. The van der Waals surface area contributed by atoms with Crippen LogP contribution in [-0.2, 0) is 0 Å². The van der Waals surface area contributed by atoms with Gasteiger partial charge in [0.15, 0.2) is 0 Å². The van der Waals surface area contributed by atoms with Crippen LogP contribution in [0.1, 0.15) is 32.1 Å². The summed E-state index contributed by atoms with van der Waals surface area (Å²) in [5.41, 5.74) is 0. The lowest BCUT2D eigenvalue weighted by Gasteiger charge is -2.22. The molecule has 1 aliphatic heterocycles. The van der Waals surface area contributed by atoms with Crippen LogP contribution in [0.25, 0.3) is 0 Å². The zero-order chi connectivity index (χ0) is 10.2. The highest BCUT2D eigenvalue weighted by Gasteiger charge is 2.11. The molecule has 0 aliphatic carbocycles. The van der Waals surface area contributed by atoms with Crippen molar-refractivity contribution in [1.29, 1.82) is 0 Å². The first-order valence-electron chi connectivity index (χ1n) is 5.87. The van der Waals surface area contributed by atoms with Crippen molar-refractivity contribution >= 4 is 0 Å². The monoisotopic (exact) mass is 200 g/mol. The summed E-state index contributed by atoms with van der Waals surface area (Å²) in [6.45, 7) is 3.89. The smallest absolute Gasteiger partial charge is 0.0585 e. The van der Waals surface area contributed by atoms with Crippen molar-refractivity contribution in [2.24, 2.45) is 0 Å². The molecule has 1 saturated heterocycles. The minimum atomic E-state index is 0.254. The van der Waals surface area contributed by atoms with E-state index in [1.165, 1.54) is 38.8 Å². The number of rotatable bonds is 5. The number of aliphatic hydroxyl groups excluding tert-OH is 1. The summed E-state index contributed by atoms with van der Waals surface area (Å²) in [6.07, 6.45) is 6.55. The van der Waals surface area contributed by atoms with Crippen LogP contribution in [0.5, 0.6) is 0 Å². The number of likely N-dealkylation sites (N-methyl/N-ethyl adjacent to an activating group) is 1. The summed E-state index contributed by atoms with van der Waals surface area (Å²) in [5.74, 6) is 0. The highest BCUT2D eigenvalue weighted by atomic mass is 16.3. The highest BCUT2D eigenvalue weighted by molar-refractivity contribution is 4.68. The van der Waals surface area contributed by atoms with Crippen molar-refractivity contribution in [2.75, 3.05) is 33.3 Å². The maximum atomic E-state index is 9.03. The summed E-state index contributed by atoms with van der Waals surface area (Å²) in [4.78, 5) is 2.53. The Labute approximate surface area is 87.5 Å². The minimum Gasteiger partial charge on any atom is -0.395 e. The summed E-state index contributed by atoms with van der Waals surface area (Å²) in [6, 6.07) is 0.276. The average Bonchev–Trinajstić information content (AvgIpc) is 2.48. The third-order valence-electron chi connectivity index (χ3n) is 3.12. The number of hydrogen-bond acceptors (Lipinski definition) is 3. The molecule has 0 aromatic rings. The van der Waals surface area contributed by atoms with E-state index in [1.807, 2.05) is 7.05 Å². The van der Waals surface area contributed by atoms with Crippen LogP contribution in [0, 0.1) is 0 Å². The zero-order valence-corrected chi connectivity index (χ0v) is 9.34. The van der Waals surface area contributed by atoms with E-state index in [0.717, 1.165) is 13.0 Å². The van der Waals surface area contributed by atoms with Gasteiger partial charge in [-0.1, -0.05) is 12.8 Å². The third-order valence-corrected chi connectivity index (χ3v) is 3.12. The second-order valence-electron chi connectivity index (χ2n) is 4.21. The van der Waals surface area contributed by atoms with Crippen molar-refractivity contribution in [3.8, 4) is 0 Å². The van der Waals surface area contributed by atoms with Gasteiger partial charge >= 0.3 is 0 Å². The van der Waals surface area contributed by atoms with Crippen molar-refractivity contribution in [3.63, 3.8) is 0 Å². The van der Waals surface area contributed by atoms with Crippen LogP contribution in [0.3, 0.4) is 0 Å². The Morgan fingerprint density at radius 3 is 2.36 bits per heavy atom. The molecule has 14 heavy (non-hydrogen) atoms. The second-order valence-corrected chi connectivity index (χ2v) is 4.21. The number of likely N-dealkylation sites (tertiary alicyclic amines) is 1. The first-order chi connectivity index (χ1) is 6.86. The highest BCUT2D eigenvalue weighted by Crippen LogP contribution is 2.10. The molecule has 0 aromatic heterocycles. The van der Waals surface area contributed by atoms with Gasteiger partial charge in [0.2, 0.25) is 0 Å². The molecule has 3 nitrogen and oxygen atoms in total. The van der Waals surface area contributed by atoms with E-state index in [-0.39, 0.29) is 12.6 Å². The molecule has 0 amide bonds. The van der Waals surface area contributed by atoms with E-state index < -0.39 is 0 Å². The topological polar surface area (TPSA) is 35.5 Å². The van der Waals surface area contributed by atoms with Gasteiger partial charge < -0.3 is 15.3 Å². The Bertz CT molecular complexity index is 129. The third kappa shape index (κ3) is 4.40. The fourth-order valence-corrected chi connectivity index (χ4v) is 2.03. The summed E-state index contributed by atoms with van der Waals surface area (Å²) in [7, 11) is 1.92. The SMILES string of the molecule is CNC(CO)CCN1CCCCCC1. The molecule has 1 aliphatic rings. The van der Waals surface area contributed by atoms with E-state index in [0.29, 0.717) is 0 Å². The maximum Gasteiger partial charge on any atom is 0.0585 e. The van der Waals surface area contributed by atoms with Crippen LogP contribution in [0.4, 0.5) is 0 Å². The van der Waals surface area contributed by atoms with Gasteiger partial charge in [-0.25, -0.2) is 0 Å². The molecule has 84 valence electrons. The van der Waals surface area contributed by atoms with Gasteiger partial charge in [0.05, 0.1) is 6.61 Å². The van der Waals surface area contributed by atoms with Crippen LogP contribution in [0.15, 0.2) is 0 Å². The number of nitrogens with zero attached hydrogens (tertiary/aromatic N) is 1. The number of aliphatic hydroxyl groups is 1. The van der Waals surface area contributed by atoms with Crippen molar-refractivity contribution < 1.29 is 5.11 Å². The molecule has 0 saturated carbocycles. The Hall–Kier alpha value is -0.120. The lowest BCUT2D eigenvalue weighted by atomic mass is 10.2. The van der Waals surface area contributed by atoms with Crippen LogP contribution in [0.2, 0.25) is 0 Å². The summed E-state index contributed by atoms with van der Waals surface area (Å²) >= 11 is 0. The van der Waals surface area contributed by atoms with Gasteiger partial charge in [-0.3, -0.25) is 0 Å². The van der Waals surface area contributed by atoms with Crippen molar-refractivity contribution in [1.82, 2.24) is 10.2 Å². The first-order valence-corrected chi connectivity index (χ1v) is 5.87. The fraction of sp³-hybridized carbons (Fsp3) is 1.00. The molecule has 0 spiro atoms. The van der Waals surface area contributed by atoms with E-state index in [2.05, 4.69) is 10.2 Å². The van der Waals surface area contributed by atoms with Gasteiger partial charge in [0.1, 0.15) is 0 Å². The largest absolute Gasteiger partial charge is 0.395 e. The van der Waals surface area contributed by atoms with E-state index in [9.17, 15) is 0 Å². The minimum absolute atomic E-state index is 0.254. The molecule has 0 bridgehead atoms. The summed E-state index contributed by atoms with van der Waals surface area (Å²) in [5, 5.41) is 12.2. The molecule has 0 aromatic carbocycles. The predicted octanol–water partition coefficient (Wildman–Crippen LogP) is 0.833. The van der Waals surface area contributed by atoms with Gasteiger partial charge in [0, 0.05) is 6.04 Å². The van der Waals surface area contributed by atoms with Crippen LogP contribution < -0.4 is 5.32 Å². The first kappa shape index (κ1) is 12.0. The predicted molar refractivity (Wildman–Crippen MR) is 59.5 cm³/mol. The quantitative estimate of drug-likeness (QED) is 0.690. The van der Waals surface area contributed by atoms with E-state index >= 15 is 0 Å². The van der Waals surface area contributed by atoms with Crippen LogP contribution in [-0.4, -0.2) is 49.3 Å². The average molecular weight is 200 g/mol. The second kappa shape index (κ2) is 7.21. The standard InChI is InChI=1S/C11H24N2O/c1-12-11(10-14)6-9-13-7-4-2-3-5-8-13/h11-12,14H,2-10H2,1H3. The lowest BCUT2D eigenvalue weighted by molar-refractivity contribution is 0.213. The molecule has 1 rings (SSSR count). The molecule has 1 fully saturated rings. The molecule has 1 atom stereocenters. The molecule has 2 N–H and O–H groups in total. The van der Waals surface area contributed by atoms with Crippen molar-refractivity contribution in [3.05, 3.63) is 0 Å². The van der Waals surface area contributed by atoms with Crippen LogP contribution >= 0.6 is 0 Å². The Balaban J connectivity index is 2.14. The normalized spacial score (nSPS) is 21.9. The van der Waals surface area contributed by atoms with Gasteiger partial charge in [-0.2, -0.15) is 0 Å². The molecular formula is C11H24N2O. The van der Waals surface area contributed by atoms with Gasteiger partial charge in [-0.15, -0.1) is 0 Å². The molecule has 0 radical (unpaired) electrons. The summed E-state index contributed by atoms with van der Waals surface area (Å²) < 4.78 is 0. The molecule has 1 unspecified atom stereocenters. The molecular weight excluding hydrogens is 176 g/mol. The van der Waals surface area contributed by atoms with Gasteiger partial charge in [0.25, 0.3) is 0 Å². The fourth-order valence-electron chi connectivity index (χ4n) is 2.03. The molecule has 3 heteroatoms. The number of hydrogen-bond donors (Lipinski definition) is 2. The number of nitrogens with one attached hydrogen (secondary N) is 1. The Morgan fingerprint density at radius 2 is 1.86 bits per heavy atom.